The normalized spacial score (nSPS) is 22.0. The molecule has 2 fully saturated rings. The fourth-order valence-corrected chi connectivity index (χ4v) is 6.99. The van der Waals surface area contributed by atoms with Gasteiger partial charge in [0.05, 0.1) is 30.3 Å². The molecule has 1 aliphatic heterocycles. The molecule has 0 radical (unpaired) electrons. The van der Waals surface area contributed by atoms with Gasteiger partial charge >= 0.3 is 6.03 Å². The zero-order chi connectivity index (χ0) is 36.2. The fourth-order valence-electron chi connectivity index (χ4n) is 6.99. The van der Waals surface area contributed by atoms with E-state index >= 15 is 0 Å². The standard InChI is InChI=1S/C37H42N10O5/c1-22(48)35(51)43-28-17-29(32(50)31(28)49)47-21-40-30-33(39-19-27(23-9-4-2-5-10-23)24-11-6-3-7-12-24)44-36(45-34(30)47)46-16-14-26(20-46)42-37(52)41-25-13-8-15-38-18-25/h2-13,15,18,21-22,26-29,31-32,48-50H,14,16-17,19-20H2,1H3,(H,43,51)(H,39,44,45)(H2,41,42,52)/t22-,26+,28-,29+,31+,32-/m0/s1. The summed E-state index contributed by atoms with van der Waals surface area (Å²) in [5.41, 5.74) is 3.76. The maximum Gasteiger partial charge on any atom is 0.319 e. The number of aliphatic hydroxyl groups is 3. The highest BCUT2D eigenvalue weighted by atomic mass is 16.3. The van der Waals surface area contributed by atoms with Crippen LogP contribution in [0.25, 0.3) is 11.2 Å². The first kappa shape index (κ1) is 34.8. The van der Waals surface area contributed by atoms with E-state index < -0.39 is 36.3 Å². The molecule has 1 saturated heterocycles. The van der Waals surface area contributed by atoms with Crippen molar-refractivity contribution in [2.75, 3.05) is 35.2 Å². The van der Waals surface area contributed by atoms with Crippen molar-refractivity contribution in [3.05, 3.63) is 103 Å². The average molecular weight is 707 g/mol. The number of fused-ring (bicyclic) bond motifs is 1. The number of aliphatic hydroxyl groups excluding tert-OH is 3. The molecule has 7 rings (SSSR count). The molecule has 15 nitrogen and oxygen atoms in total. The number of nitrogens with one attached hydrogen (secondary N) is 4. The topological polar surface area (TPSA) is 203 Å². The van der Waals surface area contributed by atoms with Crippen molar-refractivity contribution in [3.63, 3.8) is 0 Å². The van der Waals surface area contributed by atoms with E-state index in [1.807, 2.05) is 41.3 Å². The molecular formula is C37H42N10O5. The van der Waals surface area contributed by atoms with Crippen LogP contribution >= 0.6 is 0 Å². The molecule has 5 aromatic rings. The van der Waals surface area contributed by atoms with E-state index in [2.05, 4.69) is 55.5 Å². The summed E-state index contributed by atoms with van der Waals surface area (Å²) in [7, 11) is 0. The lowest BCUT2D eigenvalue weighted by Crippen LogP contribution is -2.46. The number of carbonyl (C=O) groups excluding carboxylic acids is 2. The third kappa shape index (κ3) is 7.51. The monoisotopic (exact) mass is 706 g/mol. The van der Waals surface area contributed by atoms with Gasteiger partial charge in [-0.2, -0.15) is 9.97 Å². The molecule has 0 bridgehead atoms. The van der Waals surface area contributed by atoms with Crippen molar-refractivity contribution in [2.24, 2.45) is 0 Å². The number of benzene rings is 2. The number of nitrogens with zero attached hydrogens (tertiary/aromatic N) is 6. The Bertz CT molecular complexity index is 1940. The zero-order valence-corrected chi connectivity index (χ0v) is 28.6. The Balaban J connectivity index is 1.18. The maximum atomic E-state index is 12.8. The number of urea groups is 1. The number of pyridine rings is 1. The first-order valence-electron chi connectivity index (χ1n) is 17.4. The van der Waals surface area contributed by atoms with Crippen molar-refractivity contribution in [2.45, 2.75) is 62.1 Å². The minimum atomic E-state index is -1.27. The van der Waals surface area contributed by atoms with Crippen LogP contribution in [0.5, 0.6) is 0 Å². The van der Waals surface area contributed by atoms with E-state index in [4.69, 9.17) is 9.97 Å². The largest absolute Gasteiger partial charge is 0.388 e. The lowest BCUT2D eigenvalue weighted by atomic mass is 9.91. The van der Waals surface area contributed by atoms with Crippen molar-refractivity contribution < 1.29 is 24.9 Å². The highest BCUT2D eigenvalue weighted by molar-refractivity contribution is 5.89. The van der Waals surface area contributed by atoms with E-state index in [0.717, 1.165) is 11.1 Å². The Labute approximate surface area is 300 Å². The summed E-state index contributed by atoms with van der Waals surface area (Å²) in [4.78, 5) is 45.7. The van der Waals surface area contributed by atoms with E-state index in [9.17, 15) is 24.9 Å². The van der Waals surface area contributed by atoms with Gasteiger partial charge in [0.25, 0.3) is 0 Å². The minimum Gasteiger partial charge on any atom is -0.388 e. The number of hydrogen-bond donors (Lipinski definition) is 7. The Kier molecular flexibility index (Phi) is 10.2. The fraction of sp³-hybridized carbons (Fsp3) is 0.351. The van der Waals surface area contributed by atoms with Crippen molar-refractivity contribution in [1.82, 2.24) is 35.1 Å². The quantitative estimate of drug-likeness (QED) is 0.106. The van der Waals surface area contributed by atoms with Crippen LogP contribution in [-0.4, -0.2) is 102 Å². The molecule has 1 aliphatic carbocycles. The van der Waals surface area contributed by atoms with Crippen LogP contribution < -0.4 is 26.2 Å². The SMILES string of the molecule is C[C@H](O)C(=O)N[C@H]1C[C@@H](n2cnc3c(NCC(c4ccccc4)c4ccccc4)nc(N4CC[C@@H](NC(=O)Nc5cccnc5)C4)nc32)[C@H](O)[C@@H]1O. The third-order valence-electron chi connectivity index (χ3n) is 9.73. The predicted octanol–water partition coefficient (Wildman–Crippen LogP) is 2.40. The van der Waals surface area contributed by atoms with Crippen LogP contribution in [0.4, 0.5) is 22.2 Å². The molecule has 3 aromatic heterocycles. The van der Waals surface area contributed by atoms with Gasteiger partial charge in [0.15, 0.2) is 17.0 Å². The number of imidazole rings is 1. The number of amides is 3. The van der Waals surface area contributed by atoms with Gasteiger partial charge in [-0.05, 0) is 43.0 Å². The van der Waals surface area contributed by atoms with Gasteiger partial charge in [0.2, 0.25) is 11.9 Å². The van der Waals surface area contributed by atoms with Crippen LogP contribution in [0.1, 0.15) is 42.9 Å². The second kappa shape index (κ2) is 15.3. The van der Waals surface area contributed by atoms with Crippen molar-refractivity contribution in [1.29, 1.82) is 0 Å². The molecule has 0 unspecified atom stereocenters. The van der Waals surface area contributed by atoms with Gasteiger partial charge < -0.3 is 46.1 Å². The molecule has 270 valence electrons. The van der Waals surface area contributed by atoms with Gasteiger partial charge in [0.1, 0.15) is 18.3 Å². The summed E-state index contributed by atoms with van der Waals surface area (Å²) < 4.78 is 1.72. The summed E-state index contributed by atoms with van der Waals surface area (Å²) in [6.07, 6.45) is 1.83. The first-order chi connectivity index (χ1) is 25.2. The van der Waals surface area contributed by atoms with Crippen molar-refractivity contribution >= 4 is 40.6 Å². The number of carbonyl (C=O) groups is 2. The molecular weight excluding hydrogens is 664 g/mol. The molecule has 7 N–H and O–H groups in total. The van der Waals surface area contributed by atoms with E-state index in [1.165, 1.54) is 6.92 Å². The van der Waals surface area contributed by atoms with Gasteiger partial charge in [-0.1, -0.05) is 60.7 Å². The smallest absolute Gasteiger partial charge is 0.319 e. The molecule has 52 heavy (non-hydrogen) atoms. The Morgan fingerprint density at radius 2 is 1.67 bits per heavy atom. The predicted molar refractivity (Wildman–Crippen MR) is 195 cm³/mol. The summed E-state index contributed by atoms with van der Waals surface area (Å²) in [5, 5.41) is 43.8. The number of aromatic nitrogens is 5. The number of rotatable bonds is 11. The van der Waals surface area contributed by atoms with Crippen LogP contribution in [0.3, 0.4) is 0 Å². The van der Waals surface area contributed by atoms with Crippen LogP contribution in [-0.2, 0) is 4.79 Å². The zero-order valence-electron chi connectivity index (χ0n) is 28.6. The molecule has 2 aromatic carbocycles. The second-order valence-corrected chi connectivity index (χ2v) is 13.3. The van der Waals surface area contributed by atoms with Gasteiger partial charge in [0, 0.05) is 37.8 Å². The Morgan fingerprint density at radius 3 is 2.35 bits per heavy atom. The number of anilines is 3. The molecule has 4 heterocycles. The van der Waals surface area contributed by atoms with E-state index in [0.29, 0.717) is 54.7 Å². The van der Waals surface area contributed by atoms with Crippen LogP contribution in [0, 0.1) is 0 Å². The minimum absolute atomic E-state index is 0.0123. The van der Waals surface area contributed by atoms with Gasteiger partial charge in [-0.3, -0.25) is 9.78 Å². The molecule has 0 spiro atoms. The lowest BCUT2D eigenvalue weighted by Gasteiger charge is -2.22. The lowest BCUT2D eigenvalue weighted by molar-refractivity contribution is -0.130. The first-order valence-corrected chi connectivity index (χ1v) is 17.4. The highest BCUT2D eigenvalue weighted by Crippen LogP contribution is 2.35. The van der Waals surface area contributed by atoms with Crippen LogP contribution in [0.15, 0.2) is 91.5 Å². The molecule has 6 atom stereocenters. The third-order valence-corrected chi connectivity index (χ3v) is 9.73. The summed E-state index contributed by atoms with van der Waals surface area (Å²) in [6, 6.07) is 21.9. The molecule has 2 aliphatic rings. The number of hydrogen-bond acceptors (Lipinski definition) is 11. The van der Waals surface area contributed by atoms with E-state index in [1.54, 1.807) is 35.4 Å². The van der Waals surface area contributed by atoms with Crippen LogP contribution in [0.2, 0.25) is 0 Å². The highest BCUT2D eigenvalue weighted by Gasteiger charge is 2.44. The van der Waals surface area contributed by atoms with Crippen molar-refractivity contribution in [3.8, 4) is 0 Å². The maximum absolute atomic E-state index is 12.8. The average Bonchev–Trinajstić information content (AvgIpc) is 3.87. The van der Waals surface area contributed by atoms with Gasteiger partial charge in [-0.15, -0.1) is 0 Å². The van der Waals surface area contributed by atoms with Gasteiger partial charge in [-0.25, -0.2) is 9.78 Å². The molecule has 15 heteroatoms. The summed E-state index contributed by atoms with van der Waals surface area (Å²) >= 11 is 0. The molecule has 1 saturated carbocycles. The molecule has 3 amide bonds. The Morgan fingerprint density at radius 1 is 0.942 bits per heavy atom. The Hall–Kier alpha value is -5.64. The second-order valence-electron chi connectivity index (χ2n) is 13.3. The summed E-state index contributed by atoms with van der Waals surface area (Å²) in [5.74, 6) is 0.257. The summed E-state index contributed by atoms with van der Waals surface area (Å²) in [6.45, 7) is 2.86. The van der Waals surface area contributed by atoms with E-state index in [-0.39, 0.29) is 24.4 Å².